The molecule has 2 aromatic carbocycles. The van der Waals surface area contributed by atoms with Crippen molar-refractivity contribution in [3.8, 4) is 5.75 Å². The second kappa shape index (κ2) is 5.33. The minimum absolute atomic E-state index is 0.194. The molecule has 2 N–H and O–H groups in total. The van der Waals surface area contributed by atoms with Crippen LogP contribution in [0.15, 0.2) is 36.4 Å². The largest absolute Gasteiger partial charge is 0.496 e. The molecular formula is C15H14ClNO2. The van der Waals surface area contributed by atoms with Crippen LogP contribution >= 0.6 is 11.6 Å². The van der Waals surface area contributed by atoms with Crippen molar-refractivity contribution in [1.29, 1.82) is 0 Å². The van der Waals surface area contributed by atoms with Gasteiger partial charge in [-0.2, -0.15) is 0 Å². The molecule has 0 aromatic heterocycles. The van der Waals surface area contributed by atoms with Crippen molar-refractivity contribution in [3.05, 3.63) is 58.1 Å². The fraction of sp³-hybridized carbons (Fsp3) is 0.133. The fourth-order valence-corrected chi connectivity index (χ4v) is 2.04. The van der Waals surface area contributed by atoms with E-state index in [4.69, 9.17) is 22.1 Å². The van der Waals surface area contributed by atoms with Gasteiger partial charge in [0.05, 0.1) is 12.7 Å². The lowest BCUT2D eigenvalue weighted by molar-refractivity contribution is 0.103. The van der Waals surface area contributed by atoms with E-state index in [0.717, 1.165) is 5.56 Å². The maximum Gasteiger partial charge on any atom is 0.198 e. The van der Waals surface area contributed by atoms with Crippen LogP contribution in [0.4, 0.5) is 5.69 Å². The molecule has 4 heteroatoms. The lowest BCUT2D eigenvalue weighted by atomic mass is 9.99. The van der Waals surface area contributed by atoms with E-state index < -0.39 is 0 Å². The predicted octanol–water partition coefficient (Wildman–Crippen LogP) is 3.47. The van der Waals surface area contributed by atoms with Crippen molar-refractivity contribution < 1.29 is 9.53 Å². The van der Waals surface area contributed by atoms with Crippen LogP contribution in [0.3, 0.4) is 0 Å². The maximum atomic E-state index is 12.5. The van der Waals surface area contributed by atoms with E-state index in [9.17, 15) is 4.79 Å². The summed E-state index contributed by atoms with van der Waals surface area (Å²) in [4.78, 5) is 12.5. The third-order valence-electron chi connectivity index (χ3n) is 2.86. The first-order valence-corrected chi connectivity index (χ1v) is 6.15. The van der Waals surface area contributed by atoms with Crippen LogP contribution in [0.2, 0.25) is 5.02 Å². The Kier molecular flexibility index (Phi) is 3.76. The van der Waals surface area contributed by atoms with Crippen molar-refractivity contribution in [1.82, 2.24) is 0 Å². The summed E-state index contributed by atoms with van der Waals surface area (Å²) in [6, 6.07) is 10.3. The average molecular weight is 276 g/mol. The topological polar surface area (TPSA) is 52.3 Å². The molecule has 0 atom stereocenters. The Balaban J connectivity index is 2.55. The zero-order chi connectivity index (χ0) is 14.0. The number of anilines is 1. The Labute approximate surface area is 117 Å². The van der Waals surface area contributed by atoms with Gasteiger partial charge in [-0.05, 0) is 37.3 Å². The molecule has 98 valence electrons. The summed E-state index contributed by atoms with van der Waals surface area (Å²) in [5, 5.41) is 0.482. The minimum Gasteiger partial charge on any atom is -0.496 e. The molecule has 0 aliphatic carbocycles. The lowest BCUT2D eigenvalue weighted by Crippen LogP contribution is -2.07. The maximum absolute atomic E-state index is 12.5. The van der Waals surface area contributed by atoms with E-state index in [2.05, 4.69) is 0 Å². The van der Waals surface area contributed by atoms with Crippen LogP contribution in [0, 0.1) is 6.92 Å². The second-order valence-electron chi connectivity index (χ2n) is 4.26. The number of carbonyl (C=O) groups is 1. The normalized spacial score (nSPS) is 10.3. The van der Waals surface area contributed by atoms with Crippen molar-refractivity contribution in [2.75, 3.05) is 12.8 Å². The molecule has 0 radical (unpaired) electrons. The van der Waals surface area contributed by atoms with Gasteiger partial charge in [0.15, 0.2) is 5.78 Å². The van der Waals surface area contributed by atoms with Gasteiger partial charge in [0.1, 0.15) is 5.75 Å². The zero-order valence-electron chi connectivity index (χ0n) is 10.7. The first kappa shape index (κ1) is 13.4. The van der Waals surface area contributed by atoms with E-state index in [1.165, 1.54) is 7.11 Å². The summed E-state index contributed by atoms with van der Waals surface area (Å²) >= 11 is 5.94. The van der Waals surface area contributed by atoms with Gasteiger partial charge in [0, 0.05) is 16.3 Å². The van der Waals surface area contributed by atoms with E-state index in [0.29, 0.717) is 27.6 Å². The van der Waals surface area contributed by atoms with E-state index in [1.54, 1.807) is 30.3 Å². The van der Waals surface area contributed by atoms with Crippen molar-refractivity contribution in [2.45, 2.75) is 6.92 Å². The molecule has 0 bridgehead atoms. The number of hydrogen-bond donors (Lipinski definition) is 1. The van der Waals surface area contributed by atoms with Crippen LogP contribution in [-0.4, -0.2) is 12.9 Å². The van der Waals surface area contributed by atoms with Crippen LogP contribution in [0.25, 0.3) is 0 Å². The number of hydrogen-bond acceptors (Lipinski definition) is 3. The number of halogens is 1. The van der Waals surface area contributed by atoms with Crippen LogP contribution < -0.4 is 10.5 Å². The molecule has 2 aromatic rings. The monoisotopic (exact) mass is 275 g/mol. The molecule has 19 heavy (non-hydrogen) atoms. The standard InChI is InChI=1S/C15H14ClNO2/c1-9-3-5-13(17)11(7-9)15(18)12-8-10(16)4-6-14(12)19-2/h3-8H,17H2,1-2H3. The number of ketones is 1. The van der Waals surface area contributed by atoms with E-state index in [-0.39, 0.29) is 5.78 Å². The van der Waals surface area contributed by atoms with Gasteiger partial charge < -0.3 is 10.5 Å². The van der Waals surface area contributed by atoms with Gasteiger partial charge in [0.25, 0.3) is 0 Å². The molecule has 0 saturated heterocycles. The summed E-state index contributed by atoms with van der Waals surface area (Å²) in [6.07, 6.45) is 0. The Morgan fingerprint density at radius 1 is 1.16 bits per heavy atom. The summed E-state index contributed by atoms with van der Waals surface area (Å²) in [7, 11) is 1.51. The number of nitrogens with two attached hydrogens (primary N) is 1. The quantitative estimate of drug-likeness (QED) is 0.689. The highest BCUT2D eigenvalue weighted by molar-refractivity contribution is 6.31. The van der Waals surface area contributed by atoms with Gasteiger partial charge in [0.2, 0.25) is 0 Å². The minimum atomic E-state index is -0.194. The van der Waals surface area contributed by atoms with Gasteiger partial charge in [-0.1, -0.05) is 23.2 Å². The zero-order valence-corrected chi connectivity index (χ0v) is 11.5. The third-order valence-corrected chi connectivity index (χ3v) is 3.09. The molecule has 0 aliphatic heterocycles. The van der Waals surface area contributed by atoms with Crippen molar-refractivity contribution >= 4 is 23.1 Å². The first-order chi connectivity index (χ1) is 9.02. The summed E-state index contributed by atoms with van der Waals surface area (Å²) < 4.78 is 5.19. The summed E-state index contributed by atoms with van der Waals surface area (Å²) in [5.74, 6) is 0.288. The second-order valence-corrected chi connectivity index (χ2v) is 4.70. The number of ether oxygens (including phenoxy) is 1. The van der Waals surface area contributed by atoms with Gasteiger partial charge in [-0.15, -0.1) is 0 Å². The molecule has 0 fully saturated rings. The van der Waals surface area contributed by atoms with E-state index in [1.807, 2.05) is 13.0 Å². The molecule has 0 aliphatic rings. The van der Waals surface area contributed by atoms with Gasteiger partial charge >= 0.3 is 0 Å². The number of aryl methyl sites for hydroxylation is 1. The number of nitrogen functional groups attached to an aromatic ring is 1. The number of carbonyl (C=O) groups excluding carboxylic acids is 1. The highest BCUT2D eigenvalue weighted by Gasteiger charge is 2.17. The fourth-order valence-electron chi connectivity index (χ4n) is 1.87. The van der Waals surface area contributed by atoms with Gasteiger partial charge in [-0.3, -0.25) is 4.79 Å². The molecule has 0 amide bonds. The summed E-state index contributed by atoms with van der Waals surface area (Å²) in [5.41, 5.74) is 8.14. The Hall–Kier alpha value is -2.00. The molecule has 0 heterocycles. The number of methoxy groups -OCH3 is 1. The highest BCUT2D eigenvalue weighted by atomic mass is 35.5. The molecule has 3 nitrogen and oxygen atoms in total. The first-order valence-electron chi connectivity index (χ1n) is 5.77. The van der Waals surface area contributed by atoms with Crippen molar-refractivity contribution in [3.63, 3.8) is 0 Å². The Morgan fingerprint density at radius 2 is 1.89 bits per heavy atom. The summed E-state index contributed by atoms with van der Waals surface area (Å²) in [6.45, 7) is 1.91. The Bertz CT molecular complexity index is 638. The van der Waals surface area contributed by atoms with E-state index >= 15 is 0 Å². The number of rotatable bonds is 3. The number of benzene rings is 2. The van der Waals surface area contributed by atoms with Crippen LogP contribution in [-0.2, 0) is 0 Å². The van der Waals surface area contributed by atoms with Crippen molar-refractivity contribution in [2.24, 2.45) is 0 Å². The lowest BCUT2D eigenvalue weighted by Gasteiger charge is -2.10. The average Bonchev–Trinajstić information content (AvgIpc) is 2.40. The third kappa shape index (κ3) is 2.71. The molecule has 0 saturated carbocycles. The van der Waals surface area contributed by atoms with Crippen LogP contribution in [0.1, 0.15) is 21.5 Å². The van der Waals surface area contributed by atoms with Gasteiger partial charge in [-0.25, -0.2) is 0 Å². The smallest absolute Gasteiger partial charge is 0.198 e. The molecule has 2 rings (SSSR count). The highest BCUT2D eigenvalue weighted by Crippen LogP contribution is 2.27. The molecule has 0 unspecified atom stereocenters. The SMILES string of the molecule is COc1ccc(Cl)cc1C(=O)c1cc(C)ccc1N. The van der Waals surface area contributed by atoms with Crippen LogP contribution in [0.5, 0.6) is 5.75 Å². The Morgan fingerprint density at radius 3 is 2.58 bits per heavy atom. The predicted molar refractivity (Wildman–Crippen MR) is 77.0 cm³/mol. The molecule has 0 spiro atoms. The molecular weight excluding hydrogens is 262 g/mol.